The lowest BCUT2D eigenvalue weighted by molar-refractivity contribution is -0.298. The van der Waals surface area contributed by atoms with Crippen LogP contribution in [0.25, 0.3) is 0 Å². The van der Waals surface area contributed by atoms with E-state index in [1.165, 1.54) is 5.57 Å². The van der Waals surface area contributed by atoms with Gasteiger partial charge in [-0.3, -0.25) is 0 Å². The highest BCUT2D eigenvalue weighted by Crippen LogP contribution is 2.61. The highest BCUT2D eigenvalue weighted by atomic mass is 16.7. The zero-order valence-electron chi connectivity index (χ0n) is 20.8. The van der Waals surface area contributed by atoms with Gasteiger partial charge < -0.3 is 40.1 Å². The molecule has 0 aromatic rings. The summed E-state index contributed by atoms with van der Waals surface area (Å²) in [4.78, 5) is 0. The van der Waals surface area contributed by atoms with Crippen LogP contribution in [0.3, 0.4) is 0 Å². The van der Waals surface area contributed by atoms with E-state index in [2.05, 4.69) is 13.5 Å². The van der Waals surface area contributed by atoms with Crippen LogP contribution in [0.15, 0.2) is 23.8 Å². The van der Waals surface area contributed by atoms with Gasteiger partial charge in [-0.15, -0.1) is 0 Å². The maximum absolute atomic E-state index is 10.7. The molecular formula is C26H44O8. The van der Waals surface area contributed by atoms with E-state index in [-0.39, 0.29) is 24.5 Å². The van der Waals surface area contributed by atoms with Crippen LogP contribution in [0.5, 0.6) is 0 Å². The second kappa shape index (κ2) is 11.0. The molecule has 8 nitrogen and oxygen atoms in total. The van der Waals surface area contributed by atoms with Crippen LogP contribution in [-0.2, 0) is 9.47 Å². The molecule has 196 valence electrons. The largest absolute Gasteiger partial charge is 0.396 e. The number of allylic oxidation sites excluding steroid dienone is 2. The summed E-state index contributed by atoms with van der Waals surface area (Å²) in [5, 5.41) is 60.0. The molecule has 1 saturated heterocycles. The van der Waals surface area contributed by atoms with Gasteiger partial charge in [0, 0.05) is 5.41 Å². The van der Waals surface area contributed by atoms with Crippen LogP contribution in [-0.4, -0.2) is 87.3 Å². The van der Waals surface area contributed by atoms with E-state index >= 15 is 0 Å². The molecular weight excluding hydrogens is 440 g/mol. The predicted molar refractivity (Wildman–Crippen MR) is 127 cm³/mol. The van der Waals surface area contributed by atoms with E-state index in [0.29, 0.717) is 12.3 Å². The molecule has 1 aliphatic heterocycles. The van der Waals surface area contributed by atoms with Crippen molar-refractivity contribution in [3.63, 3.8) is 0 Å². The predicted octanol–water partition coefficient (Wildman–Crippen LogP) is 1.27. The van der Waals surface area contributed by atoms with Crippen molar-refractivity contribution in [2.75, 3.05) is 19.8 Å². The molecule has 8 heteroatoms. The van der Waals surface area contributed by atoms with Crippen LogP contribution in [0, 0.1) is 22.7 Å². The van der Waals surface area contributed by atoms with Gasteiger partial charge in [0.25, 0.3) is 0 Å². The maximum atomic E-state index is 10.7. The molecule has 0 amide bonds. The molecule has 2 saturated carbocycles. The van der Waals surface area contributed by atoms with Gasteiger partial charge in [0.2, 0.25) is 0 Å². The Morgan fingerprint density at radius 2 is 1.82 bits per heavy atom. The Bertz CT molecular complexity index is 738. The minimum absolute atomic E-state index is 0.0121. The lowest BCUT2D eigenvalue weighted by Gasteiger charge is -2.60. The highest BCUT2D eigenvalue weighted by molar-refractivity contribution is 5.18. The number of ether oxygens (including phenoxy) is 2. The van der Waals surface area contributed by atoms with E-state index in [1.807, 2.05) is 19.9 Å². The van der Waals surface area contributed by atoms with Gasteiger partial charge in [0.1, 0.15) is 24.4 Å². The van der Waals surface area contributed by atoms with Crippen LogP contribution in [0.1, 0.15) is 59.3 Å². The Labute approximate surface area is 202 Å². The van der Waals surface area contributed by atoms with Gasteiger partial charge >= 0.3 is 0 Å². The lowest BCUT2D eigenvalue weighted by Crippen LogP contribution is -2.59. The Morgan fingerprint density at radius 1 is 1.12 bits per heavy atom. The molecule has 2 aliphatic carbocycles. The summed E-state index contributed by atoms with van der Waals surface area (Å²) in [6, 6.07) is 0. The summed E-state index contributed by atoms with van der Waals surface area (Å²) in [7, 11) is 0. The van der Waals surface area contributed by atoms with Gasteiger partial charge in [-0.2, -0.15) is 0 Å². The molecule has 0 aromatic heterocycles. The van der Waals surface area contributed by atoms with Crippen molar-refractivity contribution in [3.05, 3.63) is 23.8 Å². The lowest BCUT2D eigenvalue weighted by atomic mass is 9.46. The van der Waals surface area contributed by atoms with Gasteiger partial charge in [-0.25, -0.2) is 0 Å². The van der Waals surface area contributed by atoms with Crippen LogP contribution >= 0.6 is 0 Å². The first-order valence-electron chi connectivity index (χ1n) is 12.5. The molecule has 0 aromatic carbocycles. The standard InChI is InChI=1S/C26H44O8/c1-15(10-12-33-24-23(32)22(31)21(30)18(13-27)34-24)5-7-17-16(2)6-8-19-25(17,3)11-9-20(29)26(19,4)14-28/h10,17-24,27-32H,2,5-9,11-14H2,1,3-4H3/b15-10+/t17-,18-,19-,20-,21-,22+,23-,24-,25?,26-/m1/s1. The maximum Gasteiger partial charge on any atom is 0.187 e. The monoisotopic (exact) mass is 484 g/mol. The second-order valence-corrected chi connectivity index (χ2v) is 11.1. The molecule has 3 aliphatic rings. The summed E-state index contributed by atoms with van der Waals surface area (Å²) in [5.74, 6) is 0.544. The van der Waals surface area contributed by atoms with Gasteiger partial charge in [0.05, 0.1) is 25.9 Å². The fourth-order valence-corrected chi connectivity index (χ4v) is 6.70. The molecule has 6 N–H and O–H groups in total. The molecule has 3 rings (SSSR count). The van der Waals surface area contributed by atoms with Crippen molar-refractivity contribution < 1.29 is 40.1 Å². The van der Waals surface area contributed by atoms with Crippen LogP contribution < -0.4 is 0 Å². The Balaban J connectivity index is 1.59. The van der Waals surface area contributed by atoms with Crippen molar-refractivity contribution in [1.82, 2.24) is 0 Å². The fourth-order valence-electron chi connectivity index (χ4n) is 6.70. The molecule has 3 fully saturated rings. The van der Waals surface area contributed by atoms with Gasteiger partial charge in [0.15, 0.2) is 6.29 Å². The average Bonchev–Trinajstić information content (AvgIpc) is 2.81. The summed E-state index contributed by atoms with van der Waals surface area (Å²) in [5.41, 5.74) is 1.86. The minimum atomic E-state index is -1.45. The van der Waals surface area contributed by atoms with Crippen LogP contribution in [0.2, 0.25) is 0 Å². The normalized spacial score (nSPS) is 45.8. The first kappa shape index (κ1) is 27.7. The van der Waals surface area contributed by atoms with Crippen LogP contribution in [0.4, 0.5) is 0 Å². The summed E-state index contributed by atoms with van der Waals surface area (Å²) in [6.07, 6.45) is 0.267. The summed E-state index contributed by atoms with van der Waals surface area (Å²) in [6.45, 7) is 10.4. The number of fused-ring (bicyclic) bond motifs is 1. The van der Waals surface area contributed by atoms with E-state index < -0.39 is 48.8 Å². The quantitative estimate of drug-likeness (QED) is 0.283. The zero-order valence-corrected chi connectivity index (χ0v) is 20.8. The van der Waals surface area contributed by atoms with Gasteiger partial charge in [-0.1, -0.05) is 37.6 Å². The van der Waals surface area contributed by atoms with Gasteiger partial charge in [-0.05, 0) is 62.7 Å². The number of hydrogen-bond acceptors (Lipinski definition) is 8. The molecule has 0 radical (unpaired) electrons. The summed E-state index contributed by atoms with van der Waals surface area (Å²) < 4.78 is 11.0. The molecule has 10 atom stereocenters. The number of rotatable bonds is 8. The van der Waals surface area contributed by atoms with E-state index in [4.69, 9.17) is 9.47 Å². The first-order valence-corrected chi connectivity index (χ1v) is 12.5. The zero-order chi connectivity index (χ0) is 25.3. The number of aliphatic hydroxyl groups excluding tert-OH is 6. The van der Waals surface area contributed by atoms with Crippen molar-refractivity contribution in [2.45, 2.75) is 96.1 Å². The molecule has 0 bridgehead atoms. The fraction of sp³-hybridized carbons (Fsp3) is 0.846. The van der Waals surface area contributed by atoms with E-state index in [1.54, 1.807) is 0 Å². The van der Waals surface area contributed by atoms with Crippen molar-refractivity contribution in [3.8, 4) is 0 Å². The van der Waals surface area contributed by atoms with Crippen molar-refractivity contribution in [1.29, 1.82) is 0 Å². The minimum Gasteiger partial charge on any atom is -0.396 e. The summed E-state index contributed by atoms with van der Waals surface area (Å²) >= 11 is 0. The molecule has 0 spiro atoms. The third-order valence-electron chi connectivity index (χ3n) is 9.06. The van der Waals surface area contributed by atoms with E-state index in [0.717, 1.165) is 37.7 Å². The Hall–Kier alpha value is -0.840. The number of hydrogen-bond donors (Lipinski definition) is 6. The topological polar surface area (TPSA) is 140 Å². The highest BCUT2D eigenvalue weighted by Gasteiger charge is 2.57. The Morgan fingerprint density at radius 3 is 2.47 bits per heavy atom. The van der Waals surface area contributed by atoms with Crippen molar-refractivity contribution in [2.24, 2.45) is 22.7 Å². The average molecular weight is 485 g/mol. The smallest absolute Gasteiger partial charge is 0.187 e. The molecule has 34 heavy (non-hydrogen) atoms. The second-order valence-electron chi connectivity index (χ2n) is 11.1. The van der Waals surface area contributed by atoms with Crippen molar-refractivity contribution >= 4 is 0 Å². The SMILES string of the molecule is C=C1CC[C@@H]2C(C)(CC[C@@H](O)[C@]2(C)CO)[C@@H]1CC/C(C)=C/CO[C@@H]1O[C@H](CO)[C@@H](O)[C@H](O)[C@H]1O. The molecule has 1 unspecified atom stereocenters. The van der Waals surface area contributed by atoms with E-state index in [9.17, 15) is 30.6 Å². The molecule has 1 heterocycles. The number of aliphatic hydroxyl groups is 6. The first-order chi connectivity index (χ1) is 16.0. The Kier molecular flexibility index (Phi) is 9.02. The third kappa shape index (κ3) is 5.15. The third-order valence-corrected chi connectivity index (χ3v) is 9.06.